The minimum Gasteiger partial charge on any atom is -0.465 e. The minimum atomic E-state index is -0.330. The van der Waals surface area contributed by atoms with Crippen LogP contribution >= 0.6 is 0 Å². The number of piperidine rings is 1. The Bertz CT molecular complexity index is 1050. The zero-order chi connectivity index (χ0) is 21.6. The molecule has 2 aromatic heterocycles. The van der Waals surface area contributed by atoms with Crippen molar-refractivity contribution in [1.82, 2.24) is 19.8 Å². The molecule has 1 saturated heterocycles. The largest absolute Gasteiger partial charge is 0.465 e. The molecule has 1 N–H and O–H groups in total. The van der Waals surface area contributed by atoms with E-state index in [2.05, 4.69) is 21.8 Å². The zero-order valence-corrected chi connectivity index (χ0v) is 17.5. The summed E-state index contributed by atoms with van der Waals surface area (Å²) >= 11 is 0. The number of hydrogen-bond acceptors (Lipinski definition) is 4. The third kappa shape index (κ3) is 4.77. The van der Waals surface area contributed by atoms with E-state index in [9.17, 15) is 9.59 Å². The molecule has 1 atom stereocenters. The Kier molecular flexibility index (Phi) is 6.31. The average molecular weight is 418 g/mol. The van der Waals surface area contributed by atoms with Crippen molar-refractivity contribution in [1.29, 1.82) is 0 Å². The lowest BCUT2D eigenvalue weighted by molar-refractivity contribution is -0.129. The number of rotatable bonds is 6. The Balaban J connectivity index is 1.56. The topological polar surface area (TPSA) is 80.4 Å². The van der Waals surface area contributed by atoms with Crippen molar-refractivity contribution in [2.75, 3.05) is 13.1 Å². The number of aryl methyl sites for hydroxylation is 1. The summed E-state index contributed by atoms with van der Waals surface area (Å²) in [6.45, 7) is 3.29. The predicted octanol–water partition coefficient (Wildman–Crippen LogP) is 3.67. The van der Waals surface area contributed by atoms with Gasteiger partial charge in [0.25, 0.3) is 11.8 Å². The van der Waals surface area contributed by atoms with E-state index < -0.39 is 0 Å². The third-order valence-corrected chi connectivity index (χ3v) is 5.49. The maximum absolute atomic E-state index is 13.4. The van der Waals surface area contributed by atoms with Crippen molar-refractivity contribution in [3.05, 3.63) is 84.0 Å². The molecule has 4 rings (SSSR count). The molecule has 3 aromatic rings. The van der Waals surface area contributed by atoms with Gasteiger partial charge in [0.15, 0.2) is 0 Å². The van der Waals surface area contributed by atoms with Crippen LogP contribution in [0.1, 0.15) is 47.7 Å². The van der Waals surface area contributed by atoms with Crippen molar-refractivity contribution in [3.63, 3.8) is 0 Å². The Morgan fingerprint density at radius 2 is 2.06 bits per heavy atom. The van der Waals surface area contributed by atoms with Crippen LogP contribution in [0.3, 0.4) is 0 Å². The molecule has 3 heterocycles. The number of imidazole rings is 1. The highest BCUT2D eigenvalue weighted by Crippen LogP contribution is 2.24. The molecule has 2 amide bonds. The zero-order valence-electron chi connectivity index (χ0n) is 17.5. The van der Waals surface area contributed by atoms with E-state index >= 15 is 0 Å². The predicted molar refractivity (Wildman–Crippen MR) is 117 cm³/mol. The van der Waals surface area contributed by atoms with Gasteiger partial charge in [0.05, 0.1) is 12.3 Å². The first kappa shape index (κ1) is 20.7. The van der Waals surface area contributed by atoms with Gasteiger partial charge in [-0.25, -0.2) is 4.98 Å². The average Bonchev–Trinajstić information content (AvgIpc) is 3.50. The molecule has 7 nitrogen and oxygen atoms in total. The molecule has 0 aliphatic carbocycles. The standard InChI is InChI=1S/C24H26N4O3/c1-2-22-25-12-14-28(22)19-10-6-13-27(17-19)24(30)21(16-20-11-7-15-31-20)26-23(29)18-8-4-3-5-9-18/h3-5,7-9,11-12,14-16,19H,2,6,10,13,17H2,1H3,(H,26,29)/b21-16-. The number of nitrogens with zero attached hydrogens (tertiary/aromatic N) is 3. The van der Waals surface area contributed by atoms with Crippen molar-refractivity contribution >= 4 is 17.9 Å². The van der Waals surface area contributed by atoms with Crippen LogP contribution in [0.5, 0.6) is 0 Å². The Labute approximate surface area is 181 Å². The van der Waals surface area contributed by atoms with E-state index in [-0.39, 0.29) is 23.6 Å². The second-order valence-electron chi connectivity index (χ2n) is 7.55. The highest BCUT2D eigenvalue weighted by Gasteiger charge is 2.28. The van der Waals surface area contributed by atoms with E-state index in [1.165, 1.54) is 6.26 Å². The SMILES string of the molecule is CCc1nccn1C1CCCN(C(=O)/C(=C/c2ccco2)NC(=O)c2ccccc2)C1. The van der Waals surface area contributed by atoms with E-state index in [4.69, 9.17) is 4.42 Å². The van der Waals surface area contributed by atoms with E-state index in [1.54, 1.807) is 47.4 Å². The fourth-order valence-electron chi connectivity index (χ4n) is 3.94. The van der Waals surface area contributed by atoms with Gasteiger partial charge in [-0.3, -0.25) is 9.59 Å². The van der Waals surface area contributed by atoms with Crippen molar-refractivity contribution in [3.8, 4) is 0 Å². The molecule has 1 aliphatic rings. The molecule has 1 aromatic carbocycles. The lowest BCUT2D eigenvalue weighted by Crippen LogP contribution is -2.44. The summed E-state index contributed by atoms with van der Waals surface area (Å²) in [5.41, 5.74) is 0.689. The van der Waals surface area contributed by atoms with Crippen molar-refractivity contribution in [2.24, 2.45) is 0 Å². The maximum Gasteiger partial charge on any atom is 0.270 e. The second kappa shape index (κ2) is 9.47. The molecule has 0 saturated carbocycles. The van der Waals surface area contributed by atoms with E-state index in [1.807, 2.05) is 18.5 Å². The van der Waals surface area contributed by atoms with Crippen LogP contribution < -0.4 is 5.32 Å². The highest BCUT2D eigenvalue weighted by molar-refractivity contribution is 6.05. The molecular formula is C24H26N4O3. The fraction of sp³-hybridized carbons (Fsp3) is 0.292. The highest BCUT2D eigenvalue weighted by atomic mass is 16.3. The van der Waals surface area contributed by atoms with Gasteiger partial charge in [0, 0.05) is 43.5 Å². The van der Waals surface area contributed by atoms with Gasteiger partial charge in [0.2, 0.25) is 0 Å². The first-order valence-electron chi connectivity index (χ1n) is 10.6. The van der Waals surface area contributed by atoms with Gasteiger partial charge < -0.3 is 19.2 Å². The number of aromatic nitrogens is 2. The molecule has 7 heteroatoms. The summed E-state index contributed by atoms with van der Waals surface area (Å²) in [6, 6.07) is 12.5. The van der Waals surface area contributed by atoms with Gasteiger partial charge in [0.1, 0.15) is 17.3 Å². The van der Waals surface area contributed by atoms with Crippen LogP contribution in [0.4, 0.5) is 0 Å². The Morgan fingerprint density at radius 1 is 1.23 bits per heavy atom. The van der Waals surface area contributed by atoms with Crippen molar-refractivity contribution in [2.45, 2.75) is 32.2 Å². The fourth-order valence-corrected chi connectivity index (χ4v) is 3.94. The number of carbonyl (C=O) groups is 2. The summed E-state index contributed by atoms with van der Waals surface area (Å²) in [4.78, 5) is 32.4. The number of amides is 2. The first-order valence-corrected chi connectivity index (χ1v) is 10.6. The number of benzene rings is 1. The van der Waals surface area contributed by atoms with Gasteiger partial charge in [-0.15, -0.1) is 0 Å². The lowest BCUT2D eigenvalue weighted by Gasteiger charge is -2.34. The van der Waals surface area contributed by atoms with E-state index in [0.717, 1.165) is 25.1 Å². The summed E-state index contributed by atoms with van der Waals surface area (Å²) in [7, 11) is 0. The molecule has 1 fully saturated rings. The summed E-state index contributed by atoms with van der Waals surface area (Å²) in [5.74, 6) is 0.975. The second-order valence-corrected chi connectivity index (χ2v) is 7.55. The van der Waals surface area contributed by atoms with E-state index in [0.29, 0.717) is 24.4 Å². The van der Waals surface area contributed by atoms with Crippen LogP contribution in [0, 0.1) is 0 Å². The van der Waals surface area contributed by atoms with Crippen LogP contribution in [0.25, 0.3) is 6.08 Å². The minimum absolute atomic E-state index is 0.171. The summed E-state index contributed by atoms with van der Waals surface area (Å²) in [5, 5.41) is 2.79. The normalized spacial score (nSPS) is 16.9. The molecule has 160 valence electrons. The Hall–Kier alpha value is -3.61. The van der Waals surface area contributed by atoms with Crippen LogP contribution in [0.2, 0.25) is 0 Å². The molecular weight excluding hydrogens is 392 g/mol. The van der Waals surface area contributed by atoms with Crippen molar-refractivity contribution < 1.29 is 14.0 Å². The summed E-state index contributed by atoms with van der Waals surface area (Å²) in [6.07, 6.45) is 9.63. The third-order valence-electron chi connectivity index (χ3n) is 5.49. The van der Waals surface area contributed by atoms with Crippen LogP contribution in [0.15, 0.2) is 71.2 Å². The first-order chi connectivity index (χ1) is 15.2. The maximum atomic E-state index is 13.4. The lowest BCUT2D eigenvalue weighted by atomic mass is 10.0. The Morgan fingerprint density at radius 3 is 2.81 bits per heavy atom. The van der Waals surface area contributed by atoms with Crippen LogP contribution in [-0.2, 0) is 11.2 Å². The molecule has 0 bridgehead atoms. The number of carbonyl (C=O) groups excluding carboxylic acids is 2. The number of nitrogens with one attached hydrogen (secondary N) is 1. The summed E-state index contributed by atoms with van der Waals surface area (Å²) < 4.78 is 7.55. The smallest absolute Gasteiger partial charge is 0.270 e. The van der Waals surface area contributed by atoms with Gasteiger partial charge in [-0.05, 0) is 37.1 Å². The number of furan rings is 1. The van der Waals surface area contributed by atoms with Gasteiger partial charge in [-0.1, -0.05) is 25.1 Å². The van der Waals surface area contributed by atoms with Crippen LogP contribution in [-0.4, -0.2) is 39.4 Å². The molecule has 0 spiro atoms. The molecule has 31 heavy (non-hydrogen) atoms. The molecule has 1 aliphatic heterocycles. The monoisotopic (exact) mass is 418 g/mol. The van der Waals surface area contributed by atoms with Gasteiger partial charge >= 0.3 is 0 Å². The molecule has 0 radical (unpaired) electrons. The number of hydrogen-bond donors (Lipinski definition) is 1. The number of likely N-dealkylation sites (tertiary alicyclic amines) is 1. The quantitative estimate of drug-likeness (QED) is 0.620. The molecule has 1 unspecified atom stereocenters. The van der Waals surface area contributed by atoms with Gasteiger partial charge in [-0.2, -0.15) is 0 Å².